The van der Waals surface area contributed by atoms with E-state index in [2.05, 4.69) is 21.7 Å². The summed E-state index contributed by atoms with van der Waals surface area (Å²) in [5.41, 5.74) is 4.01. The van der Waals surface area contributed by atoms with Gasteiger partial charge in [-0.15, -0.1) is 0 Å². The van der Waals surface area contributed by atoms with Crippen LogP contribution in [0.5, 0.6) is 5.75 Å². The minimum atomic E-state index is -1.12. The number of carbonyl (C=O) groups excluding carboxylic acids is 1. The highest BCUT2D eigenvalue weighted by molar-refractivity contribution is 6.38. The number of rotatable bonds is 9. The zero-order chi connectivity index (χ0) is 26.6. The first kappa shape index (κ1) is 25.6. The normalized spacial score (nSPS) is 13.4. The lowest BCUT2D eigenvalue weighted by atomic mass is 10.1. The second kappa shape index (κ2) is 11.1. The van der Waals surface area contributed by atoms with Gasteiger partial charge in [-0.3, -0.25) is 4.79 Å². The first-order valence-corrected chi connectivity index (χ1v) is 13.0. The third-order valence-electron chi connectivity index (χ3n) is 6.81. The number of aryl methyl sites for hydroxylation is 2. The molecular formula is C29H29ClN4O4. The zero-order valence-corrected chi connectivity index (χ0v) is 21.8. The number of aromatic nitrogens is 2. The Morgan fingerprint density at radius 2 is 1.95 bits per heavy atom. The Hall–Kier alpha value is -4.04. The highest BCUT2D eigenvalue weighted by Gasteiger charge is 2.25. The van der Waals surface area contributed by atoms with Gasteiger partial charge in [-0.25, -0.2) is 9.78 Å². The van der Waals surface area contributed by atoms with E-state index < -0.39 is 17.9 Å². The highest BCUT2D eigenvalue weighted by atomic mass is 35.5. The van der Waals surface area contributed by atoms with Crippen LogP contribution in [0.25, 0.3) is 10.9 Å². The summed E-state index contributed by atoms with van der Waals surface area (Å²) in [7, 11) is 1.73. The van der Waals surface area contributed by atoms with Gasteiger partial charge < -0.3 is 25.0 Å². The van der Waals surface area contributed by atoms with Crippen LogP contribution in [-0.2, 0) is 31.1 Å². The third kappa shape index (κ3) is 5.45. The van der Waals surface area contributed by atoms with E-state index >= 15 is 0 Å². The lowest BCUT2D eigenvalue weighted by Crippen LogP contribution is -2.43. The number of hydrogen-bond acceptors (Lipinski definition) is 5. The number of halogens is 1. The smallest absolute Gasteiger partial charge is 0.326 e. The number of anilines is 1. The second-order valence-electron chi connectivity index (χ2n) is 9.39. The molecule has 0 radical (unpaired) electrons. The number of hydrogen-bond donors (Lipinski definition) is 3. The van der Waals surface area contributed by atoms with Crippen LogP contribution in [0.1, 0.15) is 33.7 Å². The second-order valence-corrected chi connectivity index (χ2v) is 9.77. The molecule has 1 atom stereocenters. The van der Waals surface area contributed by atoms with Crippen molar-refractivity contribution in [3.05, 3.63) is 88.2 Å². The molecule has 0 unspecified atom stereocenters. The van der Waals surface area contributed by atoms with Gasteiger partial charge in [-0.2, -0.15) is 0 Å². The van der Waals surface area contributed by atoms with Gasteiger partial charge in [0.15, 0.2) is 0 Å². The number of nitrogens with one attached hydrogen (secondary N) is 2. The van der Waals surface area contributed by atoms with Crippen molar-refractivity contribution in [1.82, 2.24) is 14.9 Å². The van der Waals surface area contributed by atoms with Gasteiger partial charge in [0.2, 0.25) is 0 Å². The number of fused-ring (bicyclic) bond motifs is 2. The Morgan fingerprint density at radius 1 is 1.16 bits per heavy atom. The molecule has 1 amide bonds. The topological polar surface area (TPSA) is 105 Å². The molecule has 0 aliphatic carbocycles. The monoisotopic (exact) mass is 532 g/mol. The molecule has 5 rings (SSSR count). The number of benzene rings is 2. The molecular weight excluding hydrogens is 504 g/mol. The average molecular weight is 533 g/mol. The molecule has 2 aromatic heterocycles. The summed E-state index contributed by atoms with van der Waals surface area (Å²) < 4.78 is 7.55. The maximum atomic E-state index is 13.0. The summed E-state index contributed by atoms with van der Waals surface area (Å²) in [5.74, 6) is -0.00322. The van der Waals surface area contributed by atoms with Crippen molar-refractivity contribution in [3.63, 3.8) is 0 Å². The van der Waals surface area contributed by atoms with Crippen LogP contribution in [0.15, 0.2) is 60.7 Å². The maximum Gasteiger partial charge on any atom is 0.326 e. The van der Waals surface area contributed by atoms with Gasteiger partial charge in [0.05, 0.1) is 11.6 Å². The summed E-state index contributed by atoms with van der Waals surface area (Å²) in [4.78, 5) is 29.7. The maximum absolute atomic E-state index is 13.0. The van der Waals surface area contributed by atoms with E-state index in [1.165, 1.54) is 5.56 Å². The molecule has 0 bridgehead atoms. The van der Waals surface area contributed by atoms with Crippen molar-refractivity contribution in [2.45, 2.75) is 31.7 Å². The van der Waals surface area contributed by atoms with Gasteiger partial charge in [0, 0.05) is 43.0 Å². The quantitative estimate of drug-likeness (QED) is 0.290. The third-order valence-corrected chi connectivity index (χ3v) is 7.19. The Labute approximate surface area is 225 Å². The standard InChI is InChI=1S/C29H29ClN4O4/c1-34-24-7-3-2-6-22(24)25(30)26(34)28(35)33-23(29(36)37)17-18-8-12-21(13-9-18)38-16-14-20-11-10-19-5-4-15-31-27(19)32-20/h2-3,6-13,23H,4-5,14-17H2,1H3,(H,31,32)(H,33,35)(H,36,37)/t23-/m0/s1. The number of carbonyl (C=O) groups is 2. The molecule has 9 heteroatoms. The first-order chi connectivity index (χ1) is 18.4. The average Bonchev–Trinajstić information content (AvgIpc) is 3.19. The van der Waals surface area contributed by atoms with Gasteiger partial charge in [0.1, 0.15) is 23.3 Å². The predicted octanol–water partition coefficient (Wildman–Crippen LogP) is 4.63. The lowest BCUT2D eigenvalue weighted by Gasteiger charge is -2.17. The van der Waals surface area contributed by atoms with E-state index in [-0.39, 0.29) is 12.1 Å². The fourth-order valence-corrected chi connectivity index (χ4v) is 5.14. The first-order valence-electron chi connectivity index (χ1n) is 12.6. The number of ether oxygens (including phenoxy) is 1. The minimum absolute atomic E-state index is 0.120. The van der Waals surface area contributed by atoms with E-state index in [1.54, 1.807) is 23.7 Å². The molecule has 8 nitrogen and oxygen atoms in total. The Balaban J connectivity index is 1.18. The van der Waals surface area contributed by atoms with Gasteiger partial charge in [0.25, 0.3) is 5.91 Å². The number of amides is 1. The number of nitrogens with zero attached hydrogens (tertiary/aromatic N) is 2. The highest BCUT2D eigenvalue weighted by Crippen LogP contribution is 2.30. The Kier molecular flexibility index (Phi) is 7.51. The molecule has 1 aliphatic heterocycles. The minimum Gasteiger partial charge on any atom is -0.493 e. The molecule has 0 spiro atoms. The molecule has 196 valence electrons. The zero-order valence-electron chi connectivity index (χ0n) is 21.0. The van der Waals surface area contributed by atoms with Crippen LogP contribution >= 0.6 is 11.6 Å². The van der Waals surface area contributed by atoms with E-state index in [0.717, 1.165) is 47.4 Å². The van der Waals surface area contributed by atoms with Gasteiger partial charge >= 0.3 is 5.97 Å². The van der Waals surface area contributed by atoms with Crippen molar-refractivity contribution in [2.75, 3.05) is 18.5 Å². The largest absolute Gasteiger partial charge is 0.493 e. The van der Waals surface area contributed by atoms with Crippen LogP contribution in [-0.4, -0.2) is 45.7 Å². The lowest BCUT2D eigenvalue weighted by molar-refractivity contribution is -0.139. The molecule has 38 heavy (non-hydrogen) atoms. The van der Waals surface area contributed by atoms with Crippen LogP contribution < -0.4 is 15.4 Å². The van der Waals surface area contributed by atoms with Crippen molar-refractivity contribution in [3.8, 4) is 5.75 Å². The fraction of sp³-hybridized carbons (Fsp3) is 0.276. The van der Waals surface area contributed by atoms with E-state index in [4.69, 9.17) is 16.3 Å². The summed E-state index contributed by atoms with van der Waals surface area (Å²) >= 11 is 6.46. The number of aliphatic carboxylic acids is 1. The van der Waals surface area contributed by atoms with Crippen LogP contribution in [0.2, 0.25) is 5.02 Å². The van der Waals surface area contributed by atoms with Crippen LogP contribution in [0.3, 0.4) is 0 Å². The summed E-state index contributed by atoms with van der Waals surface area (Å²) in [5, 5.41) is 16.8. The predicted molar refractivity (Wildman–Crippen MR) is 147 cm³/mol. The van der Waals surface area contributed by atoms with E-state index in [0.29, 0.717) is 23.8 Å². The van der Waals surface area contributed by atoms with Crippen LogP contribution in [0.4, 0.5) is 5.82 Å². The van der Waals surface area contributed by atoms with Crippen LogP contribution in [0, 0.1) is 0 Å². The number of carboxylic acids is 1. The molecule has 3 heterocycles. The Bertz CT molecular complexity index is 1440. The fourth-order valence-electron chi connectivity index (χ4n) is 4.76. The molecule has 2 aromatic carbocycles. The number of carboxylic acid groups (broad SMARTS) is 1. The van der Waals surface area contributed by atoms with Crippen molar-refractivity contribution >= 4 is 40.2 Å². The Morgan fingerprint density at radius 3 is 2.71 bits per heavy atom. The van der Waals surface area contributed by atoms with E-state index in [1.807, 2.05) is 42.5 Å². The summed E-state index contributed by atoms with van der Waals surface area (Å²) in [6.07, 6.45) is 2.99. The SMILES string of the molecule is Cn1c(C(=O)N[C@@H](Cc2ccc(OCCc3ccc4c(n3)NCCC4)cc2)C(=O)O)c(Cl)c2ccccc21. The molecule has 0 fully saturated rings. The number of para-hydroxylation sites is 1. The summed E-state index contributed by atoms with van der Waals surface area (Å²) in [6, 6.07) is 17.7. The van der Waals surface area contributed by atoms with Crippen molar-refractivity contribution in [1.29, 1.82) is 0 Å². The number of pyridine rings is 1. The van der Waals surface area contributed by atoms with Crippen molar-refractivity contribution in [2.24, 2.45) is 7.05 Å². The van der Waals surface area contributed by atoms with Gasteiger partial charge in [-0.05, 0) is 48.2 Å². The van der Waals surface area contributed by atoms with E-state index in [9.17, 15) is 14.7 Å². The van der Waals surface area contributed by atoms with Crippen molar-refractivity contribution < 1.29 is 19.4 Å². The molecule has 0 saturated carbocycles. The molecule has 4 aromatic rings. The molecule has 1 aliphatic rings. The van der Waals surface area contributed by atoms with Gasteiger partial charge in [-0.1, -0.05) is 48.0 Å². The molecule has 3 N–H and O–H groups in total. The molecule has 0 saturated heterocycles. The summed E-state index contributed by atoms with van der Waals surface area (Å²) in [6.45, 7) is 1.43.